The van der Waals surface area contributed by atoms with Crippen LogP contribution in [-0.2, 0) is 17.9 Å². The molecule has 0 saturated heterocycles. The van der Waals surface area contributed by atoms with Crippen LogP contribution in [0.4, 0.5) is 20.2 Å². The molecule has 4 rings (SSSR count). The quantitative estimate of drug-likeness (QED) is 0.457. The third-order valence-electron chi connectivity index (χ3n) is 5.09. The van der Waals surface area contributed by atoms with E-state index in [0.717, 1.165) is 34.8 Å². The lowest BCUT2D eigenvalue weighted by atomic mass is 10.1. The summed E-state index contributed by atoms with van der Waals surface area (Å²) in [5.41, 5.74) is 2.26. The number of pyridine rings is 1. The number of nitrogens with one attached hydrogen (secondary N) is 2. The molecule has 1 amide bonds. The van der Waals surface area contributed by atoms with Gasteiger partial charge >= 0.3 is 0 Å². The van der Waals surface area contributed by atoms with Crippen LogP contribution in [0.2, 0.25) is 0 Å². The number of rotatable bonds is 6. The van der Waals surface area contributed by atoms with Gasteiger partial charge in [0.1, 0.15) is 18.2 Å². The van der Waals surface area contributed by atoms with Crippen molar-refractivity contribution in [1.29, 1.82) is 0 Å². The molecule has 4 aromatic rings. The van der Waals surface area contributed by atoms with E-state index in [1.54, 1.807) is 6.07 Å². The van der Waals surface area contributed by atoms with Gasteiger partial charge in [0.2, 0.25) is 5.91 Å². The van der Waals surface area contributed by atoms with Crippen molar-refractivity contribution in [2.75, 3.05) is 10.6 Å². The topological polar surface area (TPSA) is 63.1 Å². The number of hydrogen-bond acceptors (Lipinski definition) is 3. The molecule has 2 N–H and O–H groups in total. The van der Waals surface area contributed by atoms with Gasteiger partial charge in [-0.15, -0.1) is 0 Å². The summed E-state index contributed by atoms with van der Waals surface area (Å²) >= 11 is 0. The van der Waals surface area contributed by atoms with Crippen molar-refractivity contribution >= 4 is 28.2 Å². The average Bonchev–Trinajstić information content (AvgIpc) is 2.78. The molecule has 32 heavy (non-hydrogen) atoms. The highest BCUT2D eigenvalue weighted by Crippen LogP contribution is 2.18. The van der Waals surface area contributed by atoms with Crippen molar-refractivity contribution in [1.82, 2.24) is 4.57 Å². The first-order chi connectivity index (χ1) is 15.4. The first-order valence-electron chi connectivity index (χ1n) is 10.1. The van der Waals surface area contributed by atoms with Gasteiger partial charge in [-0.2, -0.15) is 0 Å². The van der Waals surface area contributed by atoms with Crippen LogP contribution in [0.25, 0.3) is 10.9 Å². The first-order valence-corrected chi connectivity index (χ1v) is 10.1. The van der Waals surface area contributed by atoms with E-state index in [4.69, 9.17) is 0 Å². The van der Waals surface area contributed by atoms with Crippen molar-refractivity contribution < 1.29 is 13.6 Å². The van der Waals surface area contributed by atoms with Crippen LogP contribution >= 0.6 is 0 Å². The molecule has 0 unspecified atom stereocenters. The molecule has 0 fully saturated rings. The Balaban J connectivity index is 1.67. The summed E-state index contributed by atoms with van der Waals surface area (Å²) in [4.78, 5) is 25.9. The molecule has 5 nitrogen and oxygen atoms in total. The minimum Gasteiger partial charge on any atom is -0.381 e. The average molecular weight is 433 g/mol. The molecule has 0 atom stereocenters. The summed E-state index contributed by atoms with van der Waals surface area (Å²) in [6.07, 6.45) is 0. The number of aromatic nitrogens is 1. The number of halogens is 2. The second-order valence-corrected chi connectivity index (χ2v) is 7.52. The van der Waals surface area contributed by atoms with Gasteiger partial charge in [-0.3, -0.25) is 14.2 Å². The maximum atomic E-state index is 13.9. The number of anilines is 2. The largest absolute Gasteiger partial charge is 0.381 e. The summed E-state index contributed by atoms with van der Waals surface area (Å²) in [6, 6.07) is 19.7. The number of carbonyl (C=O) groups is 1. The van der Waals surface area contributed by atoms with Crippen molar-refractivity contribution in [3.8, 4) is 0 Å². The van der Waals surface area contributed by atoms with Gasteiger partial charge in [-0.05, 0) is 54.3 Å². The molecule has 0 radical (unpaired) electrons. The smallest absolute Gasteiger partial charge is 0.256 e. The predicted octanol–water partition coefficient (Wildman–Crippen LogP) is 4.84. The highest BCUT2D eigenvalue weighted by Gasteiger charge is 2.15. The summed E-state index contributed by atoms with van der Waals surface area (Å²) in [7, 11) is 0. The minimum absolute atomic E-state index is 0.271. The van der Waals surface area contributed by atoms with E-state index in [1.807, 2.05) is 55.5 Å². The van der Waals surface area contributed by atoms with Gasteiger partial charge in [-0.25, -0.2) is 8.78 Å². The number of amides is 1. The molecular weight excluding hydrogens is 412 g/mol. The zero-order valence-corrected chi connectivity index (χ0v) is 17.4. The third-order valence-corrected chi connectivity index (χ3v) is 5.09. The van der Waals surface area contributed by atoms with Gasteiger partial charge in [0, 0.05) is 23.9 Å². The number of para-hydroxylation sites is 1. The van der Waals surface area contributed by atoms with Crippen molar-refractivity contribution in [3.63, 3.8) is 0 Å². The molecule has 0 bridgehead atoms. The number of hydrogen-bond donors (Lipinski definition) is 2. The van der Waals surface area contributed by atoms with Crippen LogP contribution in [0.1, 0.15) is 11.1 Å². The van der Waals surface area contributed by atoms with E-state index in [1.165, 1.54) is 4.57 Å². The number of carbonyl (C=O) groups excluding carboxylic acids is 1. The SMILES string of the molecule is Cc1ccc2cc(CNc3ccccc3)c(=O)n(CC(=O)Nc3cc(F)ccc3F)c2c1. The Labute approximate surface area is 183 Å². The highest BCUT2D eigenvalue weighted by atomic mass is 19.1. The molecule has 162 valence electrons. The van der Waals surface area contributed by atoms with E-state index in [-0.39, 0.29) is 24.3 Å². The first kappa shape index (κ1) is 21.2. The van der Waals surface area contributed by atoms with Gasteiger partial charge < -0.3 is 10.6 Å². The van der Waals surface area contributed by atoms with E-state index >= 15 is 0 Å². The Kier molecular flexibility index (Phi) is 5.98. The summed E-state index contributed by atoms with van der Waals surface area (Å²) in [6.45, 7) is 1.82. The van der Waals surface area contributed by atoms with Crippen LogP contribution < -0.4 is 16.2 Å². The fraction of sp³-hybridized carbons (Fsp3) is 0.120. The Morgan fingerprint density at radius 2 is 1.75 bits per heavy atom. The second-order valence-electron chi connectivity index (χ2n) is 7.52. The van der Waals surface area contributed by atoms with Gasteiger partial charge in [0.25, 0.3) is 5.56 Å². The molecule has 1 heterocycles. The number of nitrogens with zero attached hydrogens (tertiary/aromatic N) is 1. The Hall–Kier alpha value is -4.00. The fourth-order valence-corrected chi connectivity index (χ4v) is 3.51. The number of benzene rings is 3. The van der Waals surface area contributed by atoms with E-state index in [2.05, 4.69) is 10.6 Å². The van der Waals surface area contributed by atoms with Gasteiger partial charge in [0.15, 0.2) is 0 Å². The lowest BCUT2D eigenvalue weighted by Gasteiger charge is -2.15. The maximum absolute atomic E-state index is 13.9. The van der Waals surface area contributed by atoms with Crippen LogP contribution in [-0.4, -0.2) is 10.5 Å². The maximum Gasteiger partial charge on any atom is 0.256 e. The zero-order valence-electron chi connectivity index (χ0n) is 17.4. The molecule has 0 saturated carbocycles. The summed E-state index contributed by atoms with van der Waals surface area (Å²) in [5.74, 6) is -2.06. The van der Waals surface area contributed by atoms with Crippen LogP contribution in [0.3, 0.4) is 0 Å². The minimum atomic E-state index is -0.756. The van der Waals surface area contributed by atoms with Crippen molar-refractivity contribution in [2.45, 2.75) is 20.0 Å². The van der Waals surface area contributed by atoms with E-state index in [0.29, 0.717) is 11.1 Å². The van der Waals surface area contributed by atoms with Gasteiger partial charge in [-0.1, -0.05) is 30.3 Å². The molecule has 0 aliphatic carbocycles. The standard InChI is InChI=1S/C25H21F2N3O2/c1-16-7-8-17-12-18(14-28-20-5-3-2-4-6-20)25(32)30(23(17)11-16)15-24(31)29-22-13-19(26)9-10-21(22)27/h2-13,28H,14-15H2,1H3,(H,29,31). The molecule has 7 heteroatoms. The van der Waals surface area contributed by atoms with Crippen LogP contribution in [0.15, 0.2) is 77.6 Å². The van der Waals surface area contributed by atoms with Crippen LogP contribution in [0, 0.1) is 18.6 Å². The molecular formula is C25H21F2N3O2. The van der Waals surface area contributed by atoms with E-state index < -0.39 is 17.5 Å². The van der Waals surface area contributed by atoms with Crippen molar-refractivity contribution in [3.05, 3.63) is 106 Å². The predicted molar refractivity (Wildman–Crippen MR) is 122 cm³/mol. The lowest BCUT2D eigenvalue weighted by molar-refractivity contribution is -0.116. The molecule has 3 aromatic carbocycles. The molecule has 0 aliphatic heterocycles. The highest BCUT2D eigenvalue weighted by molar-refractivity contribution is 5.92. The van der Waals surface area contributed by atoms with Crippen molar-refractivity contribution in [2.24, 2.45) is 0 Å². The normalized spacial score (nSPS) is 10.8. The number of fused-ring (bicyclic) bond motifs is 1. The Morgan fingerprint density at radius 3 is 2.53 bits per heavy atom. The second kappa shape index (κ2) is 9.01. The fourth-order valence-electron chi connectivity index (χ4n) is 3.51. The Morgan fingerprint density at radius 1 is 0.969 bits per heavy atom. The van der Waals surface area contributed by atoms with Crippen LogP contribution in [0.5, 0.6) is 0 Å². The summed E-state index contributed by atoms with van der Waals surface area (Å²) < 4.78 is 28.7. The molecule has 1 aromatic heterocycles. The third kappa shape index (κ3) is 4.67. The van der Waals surface area contributed by atoms with Gasteiger partial charge in [0.05, 0.1) is 11.2 Å². The molecule has 0 aliphatic rings. The number of aryl methyl sites for hydroxylation is 1. The monoisotopic (exact) mass is 433 g/mol. The molecule has 0 spiro atoms. The summed E-state index contributed by atoms with van der Waals surface area (Å²) in [5, 5.41) is 6.36. The Bertz CT molecular complexity index is 1350. The zero-order chi connectivity index (χ0) is 22.7. The van der Waals surface area contributed by atoms with E-state index in [9.17, 15) is 18.4 Å². The lowest BCUT2D eigenvalue weighted by Crippen LogP contribution is -2.31.